The Labute approximate surface area is 297 Å². The van der Waals surface area contributed by atoms with Gasteiger partial charge in [-0.1, -0.05) is 117 Å². The molecule has 0 saturated heterocycles. The van der Waals surface area contributed by atoms with Gasteiger partial charge in [-0.05, 0) is 93.0 Å². The van der Waals surface area contributed by atoms with Gasteiger partial charge in [0.2, 0.25) is 0 Å². The average Bonchev–Trinajstić information content (AvgIpc) is 3.42. The lowest BCUT2D eigenvalue weighted by molar-refractivity contribution is 0.662. The van der Waals surface area contributed by atoms with E-state index in [4.69, 9.17) is 15.0 Å². The van der Waals surface area contributed by atoms with Crippen molar-refractivity contribution in [1.29, 1.82) is 0 Å². The number of para-hydroxylation sites is 3. The summed E-state index contributed by atoms with van der Waals surface area (Å²) in [7, 11) is 0. The maximum absolute atomic E-state index is 5.25. The summed E-state index contributed by atoms with van der Waals surface area (Å²) in [6, 6.07) is 54.3. The van der Waals surface area contributed by atoms with Crippen molar-refractivity contribution in [2.45, 2.75) is 19.3 Å². The summed E-state index contributed by atoms with van der Waals surface area (Å²) in [5, 5.41) is 3.43. The normalized spacial score (nSPS) is 13.1. The van der Waals surface area contributed by atoms with Gasteiger partial charge >= 0.3 is 0 Å². The van der Waals surface area contributed by atoms with Crippen LogP contribution in [0.3, 0.4) is 0 Å². The zero-order valence-corrected chi connectivity index (χ0v) is 28.4. The molecule has 3 aromatic heterocycles. The Morgan fingerprint density at radius 1 is 0.431 bits per heavy atom. The fourth-order valence-electron chi connectivity index (χ4n) is 8.10. The molecular formula is C48H33N3. The summed E-state index contributed by atoms with van der Waals surface area (Å²) < 4.78 is 0. The topological polar surface area (TPSA) is 38.7 Å². The Bertz CT molecular complexity index is 2730. The van der Waals surface area contributed by atoms with Crippen molar-refractivity contribution in [3.05, 3.63) is 175 Å². The van der Waals surface area contributed by atoms with E-state index in [2.05, 4.69) is 153 Å². The Morgan fingerprint density at radius 2 is 0.941 bits per heavy atom. The molecule has 1 aliphatic rings. The number of nitrogens with zero attached hydrogens (tertiary/aromatic N) is 3. The Kier molecular flexibility index (Phi) is 6.53. The van der Waals surface area contributed by atoms with Crippen LogP contribution in [0.25, 0.3) is 88.5 Å². The molecular weight excluding hydrogens is 619 g/mol. The van der Waals surface area contributed by atoms with Crippen LogP contribution in [-0.4, -0.2) is 15.0 Å². The molecule has 10 rings (SSSR count). The first-order valence-corrected chi connectivity index (χ1v) is 17.5. The highest BCUT2D eigenvalue weighted by molar-refractivity contribution is 6.02. The minimum Gasteiger partial charge on any atom is -0.256 e. The zero-order valence-electron chi connectivity index (χ0n) is 28.4. The van der Waals surface area contributed by atoms with Crippen LogP contribution in [0.15, 0.2) is 164 Å². The lowest BCUT2D eigenvalue weighted by Crippen LogP contribution is -2.16. The van der Waals surface area contributed by atoms with E-state index in [0.29, 0.717) is 0 Å². The summed E-state index contributed by atoms with van der Waals surface area (Å²) >= 11 is 0. The molecule has 240 valence electrons. The predicted molar refractivity (Wildman–Crippen MR) is 212 cm³/mol. The standard InChI is InChI=1S/C48H33N3/c1-48(2)41-15-7-5-13-39(41)47-46(48)45(40-14-6-10-18-44(40)51-47)31-21-19-30(20-22-31)34-25-35(37-23-32-11-3-8-16-42(32)49-28-37)27-36(26-34)38-24-33-12-4-9-17-43(33)50-29-38/h3-29H,1-2H3. The maximum Gasteiger partial charge on any atom is 0.0759 e. The molecule has 51 heavy (non-hydrogen) atoms. The van der Waals surface area contributed by atoms with Gasteiger partial charge in [0.1, 0.15) is 0 Å². The van der Waals surface area contributed by atoms with Gasteiger partial charge < -0.3 is 0 Å². The maximum atomic E-state index is 5.25. The number of pyridine rings is 3. The van der Waals surface area contributed by atoms with E-state index in [9.17, 15) is 0 Å². The molecule has 6 aromatic carbocycles. The van der Waals surface area contributed by atoms with Crippen LogP contribution in [-0.2, 0) is 5.41 Å². The second kappa shape index (κ2) is 11.3. The van der Waals surface area contributed by atoms with Crippen LogP contribution < -0.4 is 0 Å². The minimum absolute atomic E-state index is 0.179. The van der Waals surface area contributed by atoms with Crippen molar-refractivity contribution in [1.82, 2.24) is 15.0 Å². The fraction of sp³-hybridized carbons (Fsp3) is 0.0625. The Balaban J connectivity index is 1.14. The summed E-state index contributed by atoms with van der Waals surface area (Å²) in [5.41, 5.74) is 17.0. The highest BCUT2D eigenvalue weighted by atomic mass is 14.7. The van der Waals surface area contributed by atoms with E-state index >= 15 is 0 Å². The van der Waals surface area contributed by atoms with Gasteiger partial charge in [0.15, 0.2) is 0 Å². The SMILES string of the molecule is CC1(C)c2ccccc2-c2nc3ccccc3c(-c3ccc(-c4cc(-c5cnc6ccccc6c5)cc(-c5cnc6ccccc6c5)c4)cc3)c21. The number of hydrogen-bond acceptors (Lipinski definition) is 3. The summed E-state index contributed by atoms with van der Waals surface area (Å²) in [5.74, 6) is 0. The summed E-state index contributed by atoms with van der Waals surface area (Å²) in [4.78, 5) is 14.9. The van der Waals surface area contributed by atoms with Crippen molar-refractivity contribution in [3.63, 3.8) is 0 Å². The fourth-order valence-corrected chi connectivity index (χ4v) is 8.10. The van der Waals surface area contributed by atoms with Gasteiger partial charge in [-0.15, -0.1) is 0 Å². The minimum atomic E-state index is -0.179. The third-order valence-electron chi connectivity index (χ3n) is 10.7. The van der Waals surface area contributed by atoms with Gasteiger partial charge in [-0.25, -0.2) is 4.98 Å². The van der Waals surface area contributed by atoms with Crippen LogP contribution in [0.1, 0.15) is 25.0 Å². The highest BCUT2D eigenvalue weighted by Crippen LogP contribution is 2.53. The summed E-state index contributed by atoms with van der Waals surface area (Å²) in [6.45, 7) is 4.67. The molecule has 0 bridgehead atoms. The van der Waals surface area contributed by atoms with Gasteiger partial charge in [0.05, 0.1) is 22.2 Å². The van der Waals surface area contributed by atoms with Crippen LogP contribution in [0.5, 0.6) is 0 Å². The molecule has 0 saturated carbocycles. The van der Waals surface area contributed by atoms with Crippen molar-refractivity contribution in [3.8, 4) is 55.8 Å². The van der Waals surface area contributed by atoms with Crippen molar-refractivity contribution < 1.29 is 0 Å². The molecule has 3 nitrogen and oxygen atoms in total. The second-order valence-corrected chi connectivity index (χ2v) is 14.1. The molecule has 0 amide bonds. The molecule has 3 heterocycles. The molecule has 0 radical (unpaired) electrons. The molecule has 0 spiro atoms. The molecule has 1 aliphatic carbocycles. The molecule has 0 N–H and O–H groups in total. The Morgan fingerprint density at radius 3 is 1.59 bits per heavy atom. The second-order valence-electron chi connectivity index (χ2n) is 14.1. The Hall–Kier alpha value is -6.45. The van der Waals surface area contributed by atoms with E-state index in [-0.39, 0.29) is 5.41 Å². The highest BCUT2D eigenvalue weighted by Gasteiger charge is 2.39. The quantitative estimate of drug-likeness (QED) is 0.190. The molecule has 0 atom stereocenters. The van der Waals surface area contributed by atoms with E-state index in [0.717, 1.165) is 66.4 Å². The molecule has 0 fully saturated rings. The van der Waals surface area contributed by atoms with Crippen molar-refractivity contribution >= 4 is 32.7 Å². The van der Waals surface area contributed by atoms with E-state index in [1.165, 1.54) is 33.2 Å². The largest absolute Gasteiger partial charge is 0.256 e. The van der Waals surface area contributed by atoms with E-state index < -0.39 is 0 Å². The first kappa shape index (κ1) is 29.5. The third-order valence-corrected chi connectivity index (χ3v) is 10.7. The van der Waals surface area contributed by atoms with Crippen molar-refractivity contribution in [2.75, 3.05) is 0 Å². The number of rotatable bonds is 4. The predicted octanol–water partition coefficient (Wildman–Crippen LogP) is 12.3. The number of hydrogen-bond donors (Lipinski definition) is 0. The van der Waals surface area contributed by atoms with Gasteiger partial charge in [0, 0.05) is 50.7 Å². The van der Waals surface area contributed by atoms with Crippen LogP contribution in [0.2, 0.25) is 0 Å². The van der Waals surface area contributed by atoms with Gasteiger partial charge in [-0.3, -0.25) is 9.97 Å². The third kappa shape index (κ3) is 4.77. The van der Waals surface area contributed by atoms with Crippen LogP contribution in [0.4, 0.5) is 0 Å². The zero-order chi connectivity index (χ0) is 34.1. The first-order chi connectivity index (χ1) is 25.0. The van der Waals surface area contributed by atoms with E-state index in [1.54, 1.807) is 0 Å². The van der Waals surface area contributed by atoms with Crippen LogP contribution in [0, 0.1) is 0 Å². The molecule has 9 aromatic rings. The molecule has 3 heteroatoms. The summed E-state index contributed by atoms with van der Waals surface area (Å²) in [6.07, 6.45) is 3.98. The number of benzene rings is 6. The lowest BCUT2D eigenvalue weighted by atomic mass is 9.78. The average molecular weight is 652 g/mol. The van der Waals surface area contributed by atoms with E-state index in [1.807, 2.05) is 24.5 Å². The monoisotopic (exact) mass is 651 g/mol. The smallest absolute Gasteiger partial charge is 0.0759 e. The van der Waals surface area contributed by atoms with Gasteiger partial charge in [0.25, 0.3) is 0 Å². The lowest BCUT2D eigenvalue weighted by Gasteiger charge is -2.25. The van der Waals surface area contributed by atoms with Crippen molar-refractivity contribution in [2.24, 2.45) is 0 Å². The first-order valence-electron chi connectivity index (χ1n) is 17.5. The number of fused-ring (bicyclic) bond motifs is 6. The molecule has 0 aliphatic heterocycles. The van der Waals surface area contributed by atoms with Crippen LogP contribution >= 0.6 is 0 Å². The molecule has 0 unspecified atom stereocenters. The number of aromatic nitrogens is 3. The van der Waals surface area contributed by atoms with Gasteiger partial charge in [-0.2, -0.15) is 0 Å².